The molecule has 1 aromatic heterocycles. The second-order valence-corrected chi connectivity index (χ2v) is 5.84. The normalized spacial score (nSPS) is 10.2. The molecule has 2 aromatic rings. The first-order valence-corrected chi connectivity index (χ1v) is 6.77. The number of nitrogen functional groups attached to an aromatic ring is 1. The maximum atomic E-state index is 5.76. The molecule has 0 fully saturated rings. The molecule has 0 atom stereocenters. The van der Waals surface area contributed by atoms with Gasteiger partial charge in [-0.1, -0.05) is 0 Å². The first-order valence-electron chi connectivity index (χ1n) is 4.26. The van der Waals surface area contributed by atoms with Crippen LogP contribution in [0.5, 0.6) is 0 Å². The molecule has 0 spiro atoms. The van der Waals surface area contributed by atoms with Crippen LogP contribution in [0.2, 0.25) is 0 Å². The van der Waals surface area contributed by atoms with Gasteiger partial charge in [0.25, 0.3) is 0 Å². The molecule has 2 rings (SSSR count). The van der Waals surface area contributed by atoms with Crippen LogP contribution in [0.15, 0.2) is 41.1 Å². The number of halogens is 1. The fraction of sp³-hybridized carbons (Fsp3) is 0. The fourth-order valence-corrected chi connectivity index (χ4v) is 3.30. The van der Waals surface area contributed by atoms with Gasteiger partial charge in [0, 0.05) is 0 Å². The maximum absolute atomic E-state index is 5.76. The van der Waals surface area contributed by atoms with Gasteiger partial charge in [-0.05, 0) is 0 Å². The second kappa shape index (κ2) is 4.75. The van der Waals surface area contributed by atoms with Gasteiger partial charge in [-0.15, -0.1) is 0 Å². The number of aromatic nitrogens is 2. The minimum atomic E-state index is 0.113. The van der Waals surface area contributed by atoms with Crippen molar-refractivity contribution in [3.8, 4) is 0 Å². The summed E-state index contributed by atoms with van der Waals surface area (Å²) < 4.78 is 2.83. The van der Waals surface area contributed by atoms with E-state index in [1.54, 1.807) is 6.20 Å². The molecule has 0 radical (unpaired) electrons. The van der Waals surface area contributed by atoms with Gasteiger partial charge in [-0.2, -0.15) is 0 Å². The van der Waals surface area contributed by atoms with Crippen molar-refractivity contribution in [2.45, 2.75) is 0 Å². The van der Waals surface area contributed by atoms with E-state index in [1.807, 2.05) is 18.2 Å². The van der Waals surface area contributed by atoms with Crippen LogP contribution in [-0.2, 0) is 0 Å². The van der Waals surface area contributed by atoms with E-state index in [4.69, 9.17) is 5.73 Å². The van der Waals surface area contributed by atoms with E-state index in [0.717, 1.165) is 9.20 Å². The first kappa shape index (κ1) is 10.6. The summed E-state index contributed by atoms with van der Waals surface area (Å²) >= 11 is 3.40. The van der Waals surface area contributed by atoms with Gasteiger partial charge in [0.05, 0.1) is 0 Å². The molecule has 2 N–H and O–H groups in total. The number of nitrogens with zero attached hydrogens (tertiary/aromatic N) is 2. The third-order valence-corrected chi connectivity index (χ3v) is 4.18. The zero-order chi connectivity index (χ0) is 10.7. The van der Waals surface area contributed by atoms with Gasteiger partial charge in [0.1, 0.15) is 0 Å². The van der Waals surface area contributed by atoms with E-state index in [2.05, 4.69) is 38.0 Å². The molecule has 0 aliphatic heterocycles. The Kier molecular flexibility index (Phi) is 3.36. The molecule has 76 valence electrons. The fourth-order valence-electron chi connectivity index (χ4n) is 1.04. The third kappa shape index (κ3) is 2.78. The average Bonchev–Trinajstić information content (AvgIpc) is 2.25. The van der Waals surface area contributed by atoms with Crippen molar-refractivity contribution in [2.24, 2.45) is 0 Å². The zero-order valence-electron chi connectivity index (χ0n) is 7.72. The molecule has 0 bridgehead atoms. The van der Waals surface area contributed by atoms with Gasteiger partial charge in [0.15, 0.2) is 0 Å². The average molecular weight is 329 g/mol. The van der Waals surface area contributed by atoms with Crippen LogP contribution < -0.4 is 14.8 Å². The summed E-state index contributed by atoms with van der Waals surface area (Å²) in [5.74, 6) is 0.516. The van der Waals surface area contributed by atoms with Crippen molar-refractivity contribution in [2.75, 3.05) is 5.73 Å². The molecule has 1 heterocycles. The summed E-state index contributed by atoms with van der Waals surface area (Å²) in [6.07, 6.45) is 1.61. The van der Waals surface area contributed by atoms with Crippen LogP contribution in [0, 0.1) is 0 Å². The number of anilines is 1. The molecular weight excluding hydrogens is 321 g/mol. The standard InChI is InChI=1S/C10H8BrN3Se/c11-8-6-13-9(12)10(14-8)15-7-4-2-1-3-5-7/h1-6H,(H2,12,13). The summed E-state index contributed by atoms with van der Waals surface area (Å²) in [5, 5.41) is 0. The van der Waals surface area contributed by atoms with E-state index < -0.39 is 0 Å². The Hall–Kier alpha value is -0.901. The van der Waals surface area contributed by atoms with Crippen molar-refractivity contribution < 1.29 is 0 Å². The van der Waals surface area contributed by atoms with Crippen LogP contribution in [-0.4, -0.2) is 24.9 Å². The molecular formula is C10H8BrN3Se. The predicted molar refractivity (Wildman–Crippen MR) is 65.6 cm³/mol. The molecule has 0 aliphatic rings. The van der Waals surface area contributed by atoms with Crippen molar-refractivity contribution in [1.82, 2.24) is 9.97 Å². The van der Waals surface area contributed by atoms with E-state index in [-0.39, 0.29) is 15.0 Å². The Morgan fingerprint density at radius 1 is 1.20 bits per heavy atom. The Bertz CT molecular complexity index is 461. The van der Waals surface area contributed by atoms with Gasteiger partial charge in [-0.3, -0.25) is 0 Å². The molecule has 1 aromatic carbocycles. The molecule has 0 amide bonds. The number of nitrogens with two attached hydrogens (primary N) is 1. The Morgan fingerprint density at radius 3 is 2.67 bits per heavy atom. The van der Waals surface area contributed by atoms with E-state index in [0.29, 0.717) is 5.82 Å². The topological polar surface area (TPSA) is 51.8 Å². The quantitative estimate of drug-likeness (QED) is 0.816. The van der Waals surface area contributed by atoms with Gasteiger partial charge < -0.3 is 0 Å². The Labute approximate surface area is 102 Å². The molecule has 0 unspecified atom stereocenters. The van der Waals surface area contributed by atoms with Gasteiger partial charge in [0.2, 0.25) is 0 Å². The van der Waals surface area contributed by atoms with Crippen molar-refractivity contribution in [3.63, 3.8) is 0 Å². The third-order valence-electron chi connectivity index (χ3n) is 1.70. The minimum absolute atomic E-state index is 0.113. The molecule has 5 heteroatoms. The molecule has 0 saturated carbocycles. The van der Waals surface area contributed by atoms with E-state index >= 15 is 0 Å². The summed E-state index contributed by atoms with van der Waals surface area (Å²) in [4.78, 5) is 8.38. The number of benzene rings is 1. The van der Waals surface area contributed by atoms with Crippen LogP contribution >= 0.6 is 15.9 Å². The van der Waals surface area contributed by atoms with Crippen molar-refractivity contribution >= 4 is 45.8 Å². The number of rotatable bonds is 2. The summed E-state index contributed by atoms with van der Waals surface area (Å²) in [5.41, 5.74) is 5.76. The van der Waals surface area contributed by atoms with Gasteiger partial charge in [-0.25, -0.2) is 0 Å². The van der Waals surface area contributed by atoms with Crippen LogP contribution in [0.25, 0.3) is 0 Å². The summed E-state index contributed by atoms with van der Waals surface area (Å²) in [6, 6.07) is 10.2. The van der Waals surface area contributed by atoms with Gasteiger partial charge >= 0.3 is 103 Å². The Balaban J connectivity index is 2.28. The number of hydrogen-bond donors (Lipinski definition) is 1. The zero-order valence-corrected chi connectivity index (χ0v) is 11.0. The number of hydrogen-bond acceptors (Lipinski definition) is 3. The molecule has 15 heavy (non-hydrogen) atoms. The Morgan fingerprint density at radius 2 is 1.93 bits per heavy atom. The summed E-state index contributed by atoms with van der Waals surface area (Å²) in [7, 11) is 0. The SMILES string of the molecule is Nc1ncc(Br)nc1[Se]c1ccccc1. The van der Waals surface area contributed by atoms with Crippen molar-refractivity contribution in [1.29, 1.82) is 0 Å². The monoisotopic (exact) mass is 329 g/mol. The van der Waals surface area contributed by atoms with Crippen LogP contribution in [0.1, 0.15) is 0 Å². The van der Waals surface area contributed by atoms with E-state index in [9.17, 15) is 0 Å². The molecule has 0 aliphatic carbocycles. The predicted octanol–water partition coefficient (Wildman–Crippen LogP) is 0.476. The van der Waals surface area contributed by atoms with Crippen LogP contribution in [0.4, 0.5) is 5.82 Å². The summed E-state index contributed by atoms with van der Waals surface area (Å²) in [6.45, 7) is 0. The first-order chi connectivity index (χ1) is 7.25. The molecule has 0 saturated heterocycles. The molecule has 3 nitrogen and oxygen atoms in total. The van der Waals surface area contributed by atoms with Crippen molar-refractivity contribution in [3.05, 3.63) is 41.1 Å². The second-order valence-electron chi connectivity index (χ2n) is 2.80. The van der Waals surface area contributed by atoms with E-state index in [1.165, 1.54) is 4.46 Å². The van der Waals surface area contributed by atoms with Crippen LogP contribution in [0.3, 0.4) is 0 Å².